The average Bonchev–Trinajstić information content (AvgIpc) is 2.47. The number of hydrogen-bond donors (Lipinski definition) is 0. The summed E-state index contributed by atoms with van der Waals surface area (Å²) in [6.07, 6.45) is 4.38. The third-order valence-corrected chi connectivity index (χ3v) is 3.78. The summed E-state index contributed by atoms with van der Waals surface area (Å²) in [6.45, 7) is 0. The summed E-state index contributed by atoms with van der Waals surface area (Å²) < 4.78 is 0. The topological polar surface area (TPSA) is 30.0 Å². The summed E-state index contributed by atoms with van der Waals surface area (Å²) >= 11 is 0. The van der Waals surface area contributed by atoms with Crippen molar-refractivity contribution in [2.45, 2.75) is 6.42 Å². The number of hydrogen-bond acceptors (Lipinski definition) is 2. The molecule has 0 radical (unpaired) electrons. The number of pyridine rings is 1. The number of rotatable bonds is 0. The number of carbonyl (C=O) groups excluding carboxylic acids is 1. The molecule has 0 saturated heterocycles. The summed E-state index contributed by atoms with van der Waals surface area (Å²) in [5.74, 6) is 0.133. The van der Waals surface area contributed by atoms with E-state index in [9.17, 15) is 4.79 Å². The molecule has 19 heavy (non-hydrogen) atoms. The Kier molecular flexibility index (Phi) is 2.06. The van der Waals surface area contributed by atoms with Gasteiger partial charge in [0.25, 0.3) is 0 Å². The highest BCUT2D eigenvalue weighted by molar-refractivity contribution is 6.19. The predicted molar refractivity (Wildman–Crippen MR) is 74.4 cm³/mol. The second kappa shape index (κ2) is 3.75. The second-order valence-corrected chi connectivity index (χ2v) is 4.86. The zero-order chi connectivity index (χ0) is 12.8. The van der Waals surface area contributed by atoms with Crippen LogP contribution in [0.4, 0.5) is 0 Å². The largest absolute Gasteiger partial charge is 0.289 e. The maximum absolute atomic E-state index is 12.7. The molecule has 1 aromatic heterocycles. The summed E-state index contributed by atoms with van der Waals surface area (Å²) in [7, 11) is 0. The van der Waals surface area contributed by atoms with Crippen molar-refractivity contribution in [3.63, 3.8) is 0 Å². The minimum Gasteiger partial charge on any atom is -0.289 e. The van der Waals surface area contributed by atoms with Crippen LogP contribution in [0.3, 0.4) is 0 Å². The van der Waals surface area contributed by atoms with Gasteiger partial charge in [0, 0.05) is 28.9 Å². The van der Waals surface area contributed by atoms with E-state index in [1.807, 2.05) is 48.7 Å². The highest BCUT2D eigenvalue weighted by Crippen LogP contribution is 2.31. The number of aromatic nitrogens is 1. The van der Waals surface area contributed by atoms with Crippen molar-refractivity contribution in [1.29, 1.82) is 0 Å². The lowest BCUT2D eigenvalue weighted by molar-refractivity contribution is 0.103. The molecule has 0 unspecified atom stereocenters. The van der Waals surface area contributed by atoms with Crippen molar-refractivity contribution >= 4 is 16.6 Å². The molecule has 2 nitrogen and oxygen atoms in total. The molecular weight excluding hydrogens is 234 g/mol. The standard InChI is InChI=1S/C17H11NO/c19-17-15-4-2-1-3-11(15)9-12-5-6-13-10-18-8-7-14(13)16(12)17/h1-8,10H,9H2. The number of nitrogens with zero attached hydrogens (tertiary/aromatic N) is 1. The number of fused-ring (bicyclic) bond motifs is 4. The minimum absolute atomic E-state index is 0.133. The molecule has 0 bridgehead atoms. The quantitative estimate of drug-likeness (QED) is 0.475. The van der Waals surface area contributed by atoms with Crippen LogP contribution in [0.25, 0.3) is 10.8 Å². The van der Waals surface area contributed by atoms with Crippen LogP contribution in [0.2, 0.25) is 0 Å². The van der Waals surface area contributed by atoms with Crippen LogP contribution in [-0.4, -0.2) is 10.8 Å². The van der Waals surface area contributed by atoms with Crippen molar-refractivity contribution in [3.05, 3.63) is 77.1 Å². The van der Waals surface area contributed by atoms with Crippen molar-refractivity contribution in [3.8, 4) is 0 Å². The maximum Gasteiger partial charge on any atom is 0.194 e. The summed E-state index contributed by atoms with van der Waals surface area (Å²) in [5, 5.41) is 2.03. The van der Waals surface area contributed by atoms with Gasteiger partial charge in [-0.15, -0.1) is 0 Å². The molecule has 0 fully saturated rings. The lowest BCUT2D eigenvalue weighted by Crippen LogP contribution is -2.15. The van der Waals surface area contributed by atoms with Gasteiger partial charge in [-0.3, -0.25) is 9.78 Å². The van der Waals surface area contributed by atoms with E-state index in [1.165, 1.54) is 0 Å². The first-order valence-corrected chi connectivity index (χ1v) is 6.33. The summed E-state index contributed by atoms with van der Waals surface area (Å²) in [6, 6.07) is 13.9. The summed E-state index contributed by atoms with van der Waals surface area (Å²) in [4.78, 5) is 16.8. The first kappa shape index (κ1) is 10.4. The van der Waals surface area contributed by atoms with E-state index in [2.05, 4.69) is 4.98 Å². The van der Waals surface area contributed by atoms with E-state index in [1.54, 1.807) is 6.20 Å². The molecule has 1 aliphatic carbocycles. The van der Waals surface area contributed by atoms with Gasteiger partial charge in [0.15, 0.2) is 5.78 Å². The van der Waals surface area contributed by atoms with Gasteiger partial charge in [-0.2, -0.15) is 0 Å². The van der Waals surface area contributed by atoms with Crippen LogP contribution < -0.4 is 0 Å². The molecule has 0 N–H and O–H groups in total. The molecule has 0 saturated carbocycles. The van der Waals surface area contributed by atoms with Crippen LogP contribution in [0, 0.1) is 0 Å². The van der Waals surface area contributed by atoms with Gasteiger partial charge in [-0.25, -0.2) is 0 Å². The van der Waals surface area contributed by atoms with Crippen molar-refractivity contribution in [2.75, 3.05) is 0 Å². The lowest BCUT2D eigenvalue weighted by atomic mass is 9.83. The third kappa shape index (κ3) is 1.43. The first-order chi connectivity index (χ1) is 9.34. The minimum atomic E-state index is 0.133. The number of ketones is 1. The van der Waals surface area contributed by atoms with E-state index in [0.717, 1.165) is 39.4 Å². The highest BCUT2D eigenvalue weighted by Gasteiger charge is 2.24. The van der Waals surface area contributed by atoms with Crippen molar-refractivity contribution in [1.82, 2.24) is 4.98 Å². The van der Waals surface area contributed by atoms with Gasteiger partial charge >= 0.3 is 0 Å². The fourth-order valence-corrected chi connectivity index (χ4v) is 2.87. The molecular formula is C17H11NO. The molecule has 90 valence electrons. The van der Waals surface area contributed by atoms with Gasteiger partial charge in [0.05, 0.1) is 0 Å². The van der Waals surface area contributed by atoms with Crippen LogP contribution >= 0.6 is 0 Å². The van der Waals surface area contributed by atoms with Gasteiger partial charge in [-0.05, 0) is 29.0 Å². The zero-order valence-electron chi connectivity index (χ0n) is 10.3. The van der Waals surface area contributed by atoms with Gasteiger partial charge in [-0.1, -0.05) is 36.4 Å². The SMILES string of the molecule is O=C1c2ccccc2Cc2ccc3cnccc3c21. The predicted octanol–water partition coefficient (Wildman–Crippen LogP) is 3.37. The Morgan fingerprint density at radius 2 is 1.84 bits per heavy atom. The maximum atomic E-state index is 12.7. The molecule has 1 heterocycles. The van der Waals surface area contributed by atoms with Gasteiger partial charge < -0.3 is 0 Å². The van der Waals surface area contributed by atoms with Crippen molar-refractivity contribution < 1.29 is 4.79 Å². The first-order valence-electron chi connectivity index (χ1n) is 6.33. The molecule has 0 aliphatic heterocycles. The van der Waals surface area contributed by atoms with Crippen molar-refractivity contribution in [2.24, 2.45) is 0 Å². The molecule has 3 aromatic rings. The second-order valence-electron chi connectivity index (χ2n) is 4.86. The normalized spacial score (nSPS) is 13.2. The number of benzene rings is 2. The smallest absolute Gasteiger partial charge is 0.194 e. The molecule has 0 amide bonds. The molecule has 0 spiro atoms. The molecule has 1 aliphatic rings. The van der Waals surface area contributed by atoms with E-state index in [0.29, 0.717) is 0 Å². The Morgan fingerprint density at radius 1 is 0.947 bits per heavy atom. The van der Waals surface area contributed by atoms with E-state index >= 15 is 0 Å². The van der Waals surface area contributed by atoms with Crippen LogP contribution in [-0.2, 0) is 6.42 Å². The third-order valence-electron chi connectivity index (χ3n) is 3.78. The Balaban J connectivity index is 2.07. The van der Waals surface area contributed by atoms with E-state index < -0.39 is 0 Å². The molecule has 2 heteroatoms. The Hall–Kier alpha value is -2.48. The lowest BCUT2D eigenvalue weighted by Gasteiger charge is -2.19. The Labute approximate surface area is 110 Å². The fourth-order valence-electron chi connectivity index (χ4n) is 2.87. The Morgan fingerprint density at radius 3 is 2.79 bits per heavy atom. The average molecular weight is 245 g/mol. The summed E-state index contributed by atoms with van der Waals surface area (Å²) in [5.41, 5.74) is 3.91. The fraction of sp³-hybridized carbons (Fsp3) is 0.0588. The molecule has 2 aromatic carbocycles. The van der Waals surface area contributed by atoms with Gasteiger partial charge in [0.1, 0.15) is 0 Å². The molecule has 0 atom stereocenters. The monoisotopic (exact) mass is 245 g/mol. The van der Waals surface area contributed by atoms with E-state index in [4.69, 9.17) is 0 Å². The van der Waals surface area contributed by atoms with Gasteiger partial charge in [0.2, 0.25) is 0 Å². The van der Waals surface area contributed by atoms with Crippen LogP contribution in [0.5, 0.6) is 0 Å². The van der Waals surface area contributed by atoms with Crippen LogP contribution in [0.1, 0.15) is 27.0 Å². The van der Waals surface area contributed by atoms with Crippen LogP contribution in [0.15, 0.2) is 54.9 Å². The number of carbonyl (C=O) groups is 1. The highest BCUT2D eigenvalue weighted by atomic mass is 16.1. The Bertz CT molecular complexity index is 820. The molecule has 4 rings (SSSR count). The van der Waals surface area contributed by atoms with E-state index in [-0.39, 0.29) is 5.78 Å². The zero-order valence-corrected chi connectivity index (χ0v) is 10.3.